The minimum absolute atomic E-state index is 0.175. The smallest absolute Gasteiger partial charge is 0.128 e. The number of halogens is 2. The van der Waals surface area contributed by atoms with Gasteiger partial charge in [-0.15, -0.1) is 0 Å². The lowest BCUT2D eigenvalue weighted by Crippen LogP contribution is -2.26. The first-order valence-corrected chi connectivity index (χ1v) is 4.71. The minimum Gasteiger partial charge on any atom is -0.308 e. The molecule has 0 aliphatic carbocycles. The molecule has 3 heteroatoms. The summed E-state index contributed by atoms with van der Waals surface area (Å²) >= 11 is 0. The van der Waals surface area contributed by atoms with Crippen molar-refractivity contribution in [2.75, 3.05) is 0 Å². The molecule has 1 N–H and O–H groups in total. The molecule has 1 rings (SSSR count). The monoisotopic (exact) mass is 199 g/mol. The molecule has 0 fully saturated rings. The Kier molecular flexibility index (Phi) is 3.58. The summed E-state index contributed by atoms with van der Waals surface area (Å²) in [4.78, 5) is 0. The van der Waals surface area contributed by atoms with E-state index in [2.05, 4.69) is 5.32 Å². The first-order valence-electron chi connectivity index (χ1n) is 4.71. The van der Waals surface area contributed by atoms with E-state index in [0.29, 0.717) is 5.56 Å². The van der Waals surface area contributed by atoms with E-state index in [-0.39, 0.29) is 17.9 Å². The molecule has 0 spiro atoms. The molecule has 14 heavy (non-hydrogen) atoms. The Morgan fingerprint density at radius 3 is 2.36 bits per heavy atom. The Morgan fingerprint density at radius 2 is 1.79 bits per heavy atom. The fraction of sp³-hybridized carbons (Fsp3) is 0.455. The molecule has 0 saturated carbocycles. The minimum atomic E-state index is -0.404. The van der Waals surface area contributed by atoms with Crippen LogP contribution in [0.5, 0.6) is 0 Å². The van der Waals surface area contributed by atoms with Crippen molar-refractivity contribution in [2.45, 2.75) is 32.9 Å². The van der Waals surface area contributed by atoms with Crippen molar-refractivity contribution >= 4 is 0 Å². The van der Waals surface area contributed by atoms with E-state index in [1.165, 1.54) is 6.07 Å². The lowest BCUT2D eigenvalue weighted by molar-refractivity contribution is 0.478. The van der Waals surface area contributed by atoms with Crippen molar-refractivity contribution in [2.24, 2.45) is 0 Å². The second-order valence-electron chi connectivity index (χ2n) is 3.71. The third kappa shape index (κ3) is 2.77. The highest BCUT2D eigenvalue weighted by Gasteiger charge is 2.12. The van der Waals surface area contributed by atoms with E-state index in [1.54, 1.807) is 0 Å². The van der Waals surface area contributed by atoms with Crippen LogP contribution in [0.1, 0.15) is 32.4 Å². The number of benzene rings is 1. The molecular formula is C11H15F2N. The first-order chi connectivity index (χ1) is 6.50. The first kappa shape index (κ1) is 11.1. The Hall–Kier alpha value is -0.960. The Labute approximate surface area is 83.1 Å². The summed E-state index contributed by atoms with van der Waals surface area (Å²) in [6, 6.07) is 3.58. The topological polar surface area (TPSA) is 12.0 Å². The van der Waals surface area contributed by atoms with Crippen molar-refractivity contribution in [3.8, 4) is 0 Å². The molecule has 0 saturated heterocycles. The normalized spacial score (nSPS) is 13.3. The summed E-state index contributed by atoms with van der Waals surface area (Å²) in [5.74, 6) is -0.772. The number of hydrogen-bond acceptors (Lipinski definition) is 1. The third-order valence-corrected chi connectivity index (χ3v) is 2.01. The van der Waals surface area contributed by atoms with Crippen LogP contribution in [-0.2, 0) is 0 Å². The molecule has 0 amide bonds. The average molecular weight is 199 g/mol. The summed E-state index contributed by atoms with van der Waals surface area (Å²) in [5, 5.41) is 3.12. The molecule has 1 atom stereocenters. The molecule has 1 aromatic carbocycles. The van der Waals surface area contributed by atoms with Gasteiger partial charge < -0.3 is 5.32 Å². The van der Waals surface area contributed by atoms with Gasteiger partial charge in [0.2, 0.25) is 0 Å². The molecule has 0 unspecified atom stereocenters. The highest BCUT2D eigenvalue weighted by atomic mass is 19.1. The molecule has 0 bridgehead atoms. The molecule has 0 aromatic heterocycles. The van der Waals surface area contributed by atoms with E-state index < -0.39 is 5.82 Å². The van der Waals surface area contributed by atoms with Crippen LogP contribution in [0.4, 0.5) is 8.78 Å². The fourth-order valence-electron chi connectivity index (χ4n) is 1.44. The summed E-state index contributed by atoms with van der Waals surface area (Å²) in [7, 11) is 0. The number of hydrogen-bond donors (Lipinski definition) is 1. The summed E-state index contributed by atoms with van der Waals surface area (Å²) < 4.78 is 26.1. The van der Waals surface area contributed by atoms with Crippen LogP contribution in [0.2, 0.25) is 0 Å². The van der Waals surface area contributed by atoms with Crippen LogP contribution in [0.3, 0.4) is 0 Å². The van der Waals surface area contributed by atoms with Gasteiger partial charge in [-0.3, -0.25) is 0 Å². The highest BCUT2D eigenvalue weighted by molar-refractivity contribution is 5.21. The van der Waals surface area contributed by atoms with E-state index in [4.69, 9.17) is 0 Å². The standard InChI is InChI=1S/C11H15F2N/c1-7(2)14-8(3)10-6-9(12)4-5-11(10)13/h4-8,14H,1-3H3/t8-/m1/s1. The van der Waals surface area contributed by atoms with Gasteiger partial charge in [0.1, 0.15) is 11.6 Å². The molecule has 0 aliphatic rings. The maximum atomic E-state index is 13.3. The molecule has 1 aromatic rings. The quantitative estimate of drug-likeness (QED) is 0.789. The molecule has 0 heterocycles. The van der Waals surface area contributed by atoms with Gasteiger partial charge in [-0.1, -0.05) is 13.8 Å². The van der Waals surface area contributed by atoms with Crippen LogP contribution in [0, 0.1) is 11.6 Å². The van der Waals surface area contributed by atoms with E-state index in [1.807, 2.05) is 20.8 Å². The van der Waals surface area contributed by atoms with Gasteiger partial charge >= 0.3 is 0 Å². The van der Waals surface area contributed by atoms with E-state index in [0.717, 1.165) is 12.1 Å². The second-order valence-corrected chi connectivity index (χ2v) is 3.71. The van der Waals surface area contributed by atoms with E-state index >= 15 is 0 Å². The zero-order valence-electron chi connectivity index (χ0n) is 8.64. The lowest BCUT2D eigenvalue weighted by atomic mass is 10.1. The van der Waals surface area contributed by atoms with Gasteiger partial charge in [-0.05, 0) is 25.1 Å². The van der Waals surface area contributed by atoms with Crippen LogP contribution < -0.4 is 5.32 Å². The summed E-state index contributed by atoms with van der Waals surface area (Å²) in [6.07, 6.45) is 0. The largest absolute Gasteiger partial charge is 0.308 e. The van der Waals surface area contributed by atoms with Gasteiger partial charge in [-0.2, -0.15) is 0 Å². The Balaban J connectivity index is 2.88. The predicted octanol–water partition coefficient (Wildman–Crippen LogP) is 3.02. The van der Waals surface area contributed by atoms with Crippen LogP contribution in [0.15, 0.2) is 18.2 Å². The van der Waals surface area contributed by atoms with Crippen molar-refractivity contribution in [3.63, 3.8) is 0 Å². The zero-order valence-corrected chi connectivity index (χ0v) is 8.64. The second kappa shape index (κ2) is 4.51. The summed E-state index contributed by atoms with van der Waals surface area (Å²) in [6.45, 7) is 5.75. The van der Waals surface area contributed by atoms with Gasteiger partial charge in [0.15, 0.2) is 0 Å². The SMILES string of the molecule is CC(C)N[C@H](C)c1cc(F)ccc1F. The number of rotatable bonds is 3. The van der Waals surface area contributed by atoms with Crippen molar-refractivity contribution in [1.82, 2.24) is 5.32 Å². The zero-order chi connectivity index (χ0) is 10.7. The van der Waals surface area contributed by atoms with Crippen LogP contribution in [0.25, 0.3) is 0 Å². The van der Waals surface area contributed by atoms with Crippen molar-refractivity contribution < 1.29 is 8.78 Å². The maximum Gasteiger partial charge on any atom is 0.128 e. The van der Waals surface area contributed by atoms with Crippen LogP contribution >= 0.6 is 0 Å². The summed E-state index contributed by atoms with van der Waals surface area (Å²) in [5.41, 5.74) is 0.374. The van der Waals surface area contributed by atoms with Gasteiger partial charge in [-0.25, -0.2) is 8.78 Å². The van der Waals surface area contributed by atoms with Gasteiger partial charge in [0, 0.05) is 17.6 Å². The molecule has 78 valence electrons. The van der Waals surface area contributed by atoms with Crippen LogP contribution in [-0.4, -0.2) is 6.04 Å². The van der Waals surface area contributed by atoms with Gasteiger partial charge in [0.25, 0.3) is 0 Å². The molecular weight excluding hydrogens is 184 g/mol. The fourth-order valence-corrected chi connectivity index (χ4v) is 1.44. The number of nitrogens with one attached hydrogen (secondary N) is 1. The lowest BCUT2D eigenvalue weighted by Gasteiger charge is -2.17. The Bertz CT molecular complexity index is 310. The molecule has 0 aliphatic heterocycles. The van der Waals surface area contributed by atoms with Crippen molar-refractivity contribution in [3.05, 3.63) is 35.4 Å². The predicted molar refractivity (Wildman–Crippen MR) is 53.0 cm³/mol. The molecule has 0 radical (unpaired) electrons. The van der Waals surface area contributed by atoms with Crippen molar-refractivity contribution in [1.29, 1.82) is 0 Å². The van der Waals surface area contributed by atoms with Gasteiger partial charge in [0.05, 0.1) is 0 Å². The third-order valence-electron chi connectivity index (χ3n) is 2.01. The average Bonchev–Trinajstić information content (AvgIpc) is 2.08. The Morgan fingerprint density at radius 1 is 1.14 bits per heavy atom. The maximum absolute atomic E-state index is 13.3. The highest BCUT2D eigenvalue weighted by Crippen LogP contribution is 2.18. The molecule has 1 nitrogen and oxygen atoms in total. The van der Waals surface area contributed by atoms with E-state index in [9.17, 15) is 8.78 Å².